The number of carbonyl (C=O) groups is 2. The number of allylic oxidation sites excluding steroid dienone is 14. The van der Waals surface area contributed by atoms with E-state index in [9.17, 15) is 19.0 Å². The Hall–Kier alpha value is -2.81. The Morgan fingerprint density at radius 1 is 0.593 bits per heavy atom. The molecule has 2 unspecified atom stereocenters. The van der Waals surface area contributed by atoms with Crippen LogP contribution in [0.15, 0.2) is 85.1 Å². The summed E-state index contributed by atoms with van der Waals surface area (Å²) in [6, 6.07) is 0. The fraction of sp³-hybridized carbons (Fsp3) is 0.636. The normalized spacial score (nSPS) is 14.2. The molecular formula is C44H74NO8P. The third kappa shape index (κ3) is 38.9. The zero-order valence-electron chi connectivity index (χ0n) is 33.9. The average Bonchev–Trinajstić information content (AvgIpc) is 3.15. The molecule has 54 heavy (non-hydrogen) atoms. The summed E-state index contributed by atoms with van der Waals surface area (Å²) in [7, 11) is -2.68. The summed E-state index contributed by atoms with van der Waals surface area (Å²) < 4.78 is 33.1. The second kappa shape index (κ2) is 39.9. The minimum absolute atomic E-state index is 0.0337. The van der Waals surface area contributed by atoms with E-state index < -0.39 is 32.5 Å². The summed E-state index contributed by atoms with van der Waals surface area (Å²) >= 11 is 0. The van der Waals surface area contributed by atoms with Crippen LogP contribution in [0.25, 0.3) is 0 Å². The summed E-state index contributed by atoms with van der Waals surface area (Å²) in [5.74, 6) is -0.891. The lowest BCUT2D eigenvalue weighted by Crippen LogP contribution is -2.29. The van der Waals surface area contributed by atoms with Gasteiger partial charge in [-0.2, -0.15) is 0 Å². The Morgan fingerprint density at radius 3 is 1.59 bits per heavy atom. The van der Waals surface area contributed by atoms with Gasteiger partial charge in [-0.1, -0.05) is 125 Å². The van der Waals surface area contributed by atoms with Crippen molar-refractivity contribution in [1.29, 1.82) is 0 Å². The Balaban J connectivity index is 4.39. The number of hydrogen-bond donors (Lipinski definition) is 2. The number of ether oxygens (including phenoxy) is 2. The van der Waals surface area contributed by atoms with E-state index in [1.807, 2.05) is 0 Å². The third-order valence-corrected chi connectivity index (χ3v) is 8.98. The van der Waals surface area contributed by atoms with Crippen molar-refractivity contribution in [2.75, 3.05) is 33.4 Å². The molecule has 2 N–H and O–H groups in total. The molecule has 9 nitrogen and oxygen atoms in total. The molecule has 10 heteroatoms. The van der Waals surface area contributed by atoms with Gasteiger partial charge in [0.25, 0.3) is 0 Å². The lowest BCUT2D eigenvalue weighted by Gasteiger charge is -2.20. The molecule has 0 aliphatic rings. The van der Waals surface area contributed by atoms with Crippen molar-refractivity contribution >= 4 is 19.8 Å². The lowest BCUT2D eigenvalue weighted by atomic mass is 10.1. The molecule has 0 aromatic rings. The highest BCUT2D eigenvalue weighted by Gasteiger charge is 2.26. The molecule has 0 heterocycles. The predicted octanol–water partition coefficient (Wildman–Crippen LogP) is 11.5. The molecule has 0 aromatic heterocycles. The summed E-state index contributed by atoms with van der Waals surface area (Å²) in [6.07, 6.45) is 47.7. The van der Waals surface area contributed by atoms with E-state index in [1.165, 1.54) is 25.7 Å². The van der Waals surface area contributed by atoms with Gasteiger partial charge in [0.1, 0.15) is 6.61 Å². The standard InChI is InChI=1S/C44H74NO8P/c1-4-6-8-10-12-14-16-18-20-21-23-24-26-28-30-32-34-36-43(46)50-40-42(41-52-54(48,49)51-39-38-45-3)53-44(47)37-35-33-31-29-27-25-22-19-17-15-13-11-9-7-5-2/h7,9,12-15,18-20,22-24,27,29,42,45H,4-6,8,10-11,16-17,21,25-26,28,30-41H2,1-3H3,(H,48,49)/b9-7-,14-12-,15-13-,20-18-,22-19-,24-23-,29-27-. The second-order valence-corrected chi connectivity index (χ2v) is 14.5. The van der Waals surface area contributed by atoms with Crippen LogP contribution in [-0.4, -0.2) is 56.3 Å². The van der Waals surface area contributed by atoms with Crippen LogP contribution in [0.1, 0.15) is 142 Å². The second-order valence-electron chi connectivity index (χ2n) is 13.1. The highest BCUT2D eigenvalue weighted by molar-refractivity contribution is 7.47. The number of rotatable bonds is 37. The van der Waals surface area contributed by atoms with E-state index in [0.717, 1.165) is 77.0 Å². The molecule has 0 amide bonds. The van der Waals surface area contributed by atoms with Crippen LogP contribution in [0.4, 0.5) is 0 Å². The summed E-state index contributed by atoms with van der Waals surface area (Å²) in [6.45, 7) is 3.98. The first-order valence-corrected chi connectivity index (χ1v) is 22.0. The van der Waals surface area contributed by atoms with Gasteiger partial charge in [-0.25, -0.2) is 4.57 Å². The van der Waals surface area contributed by atoms with Crippen LogP contribution in [0, 0.1) is 0 Å². The van der Waals surface area contributed by atoms with Crippen LogP contribution >= 0.6 is 7.82 Å². The van der Waals surface area contributed by atoms with Gasteiger partial charge >= 0.3 is 19.8 Å². The quantitative estimate of drug-likeness (QED) is 0.0275. The minimum atomic E-state index is -4.37. The van der Waals surface area contributed by atoms with Crippen LogP contribution in [0.5, 0.6) is 0 Å². The first kappa shape index (κ1) is 51.2. The van der Waals surface area contributed by atoms with E-state index in [-0.39, 0.29) is 26.1 Å². The number of phosphoric ester groups is 1. The van der Waals surface area contributed by atoms with E-state index >= 15 is 0 Å². The molecule has 0 bridgehead atoms. The molecule has 0 saturated heterocycles. The zero-order chi connectivity index (χ0) is 39.6. The molecule has 0 rings (SSSR count). The van der Waals surface area contributed by atoms with Gasteiger partial charge in [0.05, 0.1) is 13.2 Å². The predicted molar refractivity (Wildman–Crippen MR) is 224 cm³/mol. The Bertz CT molecular complexity index is 1160. The van der Waals surface area contributed by atoms with Crippen LogP contribution in [-0.2, 0) is 32.7 Å². The van der Waals surface area contributed by atoms with Crippen molar-refractivity contribution in [2.24, 2.45) is 0 Å². The van der Waals surface area contributed by atoms with Crippen molar-refractivity contribution in [3.63, 3.8) is 0 Å². The van der Waals surface area contributed by atoms with Gasteiger partial charge in [0.15, 0.2) is 6.10 Å². The van der Waals surface area contributed by atoms with Crippen molar-refractivity contribution in [1.82, 2.24) is 5.32 Å². The SMILES string of the molecule is CC/C=C\C/C=C\C/C=C\C/C=C\CCCCC(=O)OC(COC(=O)CCCCCC/C=C\C/C=C\C/C=C\CCCCC)COP(=O)(O)OCCNC. The number of nitrogens with one attached hydrogen (secondary N) is 1. The van der Waals surface area contributed by atoms with Gasteiger partial charge in [0, 0.05) is 19.4 Å². The molecule has 0 radical (unpaired) electrons. The largest absolute Gasteiger partial charge is 0.472 e. The Morgan fingerprint density at radius 2 is 1.06 bits per heavy atom. The third-order valence-electron chi connectivity index (χ3n) is 8.00. The van der Waals surface area contributed by atoms with Crippen LogP contribution < -0.4 is 5.32 Å². The zero-order valence-corrected chi connectivity index (χ0v) is 34.8. The van der Waals surface area contributed by atoms with Crippen molar-refractivity contribution in [2.45, 2.75) is 148 Å². The lowest BCUT2D eigenvalue weighted by molar-refractivity contribution is -0.161. The molecule has 0 aliphatic heterocycles. The smallest absolute Gasteiger partial charge is 0.462 e. The van der Waals surface area contributed by atoms with Crippen molar-refractivity contribution in [3.05, 3.63) is 85.1 Å². The molecule has 2 atom stereocenters. The highest BCUT2D eigenvalue weighted by atomic mass is 31.2. The van der Waals surface area contributed by atoms with Gasteiger partial charge in [-0.15, -0.1) is 0 Å². The number of carbonyl (C=O) groups excluding carboxylic acids is 2. The molecular weight excluding hydrogens is 701 g/mol. The topological polar surface area (TPSA) is 120 Å². The maximum absolute atomic E-state index is 12.6. The molecule has 0 fully saturated rings. The van der Waals surface area contributed by atoms with Crippen molar-refractivity contribution in [3.8, 4) is 0 Å². The van der Waals surface area contributed by atoms with Gasteiger partial charge < -0.3 is 19.7 Å². The van der Waals surface area contributed by atoms with Crippen molar-refractivity contribution < 1.29 is 37.6 Å². The summed E-state index contributed by atoms with van der Waals surface area (Å²) in [5, 5.41) is 2.81. The fourth-order valence-corrected chi connectivity index (χ4v) is 5.65. The Kier molecular flexibility index (Phi) is 37.8. The minimum Gasteiger partial charge on any atom is -0.462 e. The van der Waals surface area contributed by atoms with E-state index in [1.54, 1.807) is 7.05 Å². The Labute approximate surface area is 328 Å². The number of likely N-dealkylation sites (N-methyl/N-ethyl adjacent to an activating group) is 1. The van der Waals surface area contributed by atoms with Crippen LogP contribution in [0.3, 0.4) is 0 Å². The van der Waals surface area contributed by atoms with E-state index in [2.05, 4.69) is 104 Å². The first-order valence-electron chi connectivity index (χ1n) is 20.5. The fourth-order valence-electron chi connectivity index (χ4n) is 4.90. The highest BCUT2D eigenvalue weighted by Crippen LogP contribution is 2.43. The maximum Gasteiger partial charge on any atom is 0.472 e. The van der Waals surface area contributed by atoms with E-state index in [4.69, 9.17) is 18.5 Å². The number of hydrogen-bond acceptors (Lipinski definition) is 8. The van der Waals surface area contributed by atoms with Gasteiger partial charge in [-0.3, -0.25) is 18.6 Å². The molecule has 308 valence electrons. The summed E-state index contributed by atoms with van der Waals surface area (Å²) in [4.78, 5) is 35.0. The van der Waals surface area contributed by atoms with Gasteiger partial charge in [-0.05, 0) is 96.9 Å². The number of esters is 2. The molecule has 0 saturated carbocycles. The number of phosphoric acid groups is 1. The van der Waals surface area contributed by atoms with Gasteiger partial charge in [0.2, 0.25) is 0 Å². The van der Waals surface area contributed by atoms with Crippen LogP contribution in [0.2, 0.25) is 0 Å². The molecule has 0 aliphatic carbocycles. The monoisotopic (exact) mass is 776 g/mol. The maximum atomic E-state index is 12.6. The summed E-state index contributed by atoms with van der Waals surface area (Å²) in [5.41, 5.74) is 0. The number of unbranched alkanes of at least 4 members (excludes halogenated alkanes) is 9. The molecule has 0 aromatic carbocycles. The van der Waals surface area contributed by atoms with E-state index in [0.29, 0.717) is 19.4 Å². The average molecular weight is 776 g/mol. The first-order chi connectivity index (χ1) is 26.3. The molecule has 0 spiro atoms.